The van der Waals surface area contributed by atoms with Crippen LogP contribution in [0.15, 0.2) is 48.5 Å². The van der Waals surface area contributed by atoms with Gasteiger partial charge < -0.3 is 15.0 Å². The number of rotatable bonds is 5. The van der Waals surface area contributed by atoms with E-state index in [1.807, 2.05) is 4.90 Å². The number of ether oxygens (including phenoxy) is 1. The van der Waals surface area contributed by atoms with Crippen LogP contribution in [0.25, 0.3) is 0 Å². The number of carbonyl (C=O) groups excluding carboxylic acids is 2. The highest BCUT2D eigenvalue weighted by molar-refractivity contribution is 5.96. The third kappa shape index (κ3) is 4.71. The van der Waals surface area contributed by atoms with Crippen molar-refractivity contribution < 1.29 is 14.3 Å². The Morgan fingerprint density at radius 2 is 1.68 bits per heavy atom. The van der Waals surface area contributed by atoms with Crippen LogP contribution in [-0.2, 0) is 4.74 Å². The lowest BCUT2D eigenvalue weighted by Gasteiger charge is -2.34. The van der Waals surface area contributed by atoms with E-state index in [9.17, 15) is 9.59 Å². The summed E-state index contributed by atoms with van der Waals surface area (Å²) in [6.45, 7) is 5.79. The molecule has 0 aromatic heterocycles. The molecule has 0 saturated carbocycles. The SMILES string of the molecule is COC(=O)c1ccc(C(=O)N2CCC[C@H](Nc3ccc(C(C)C)cc3)C2)cc1. The molecule has 0 unspecified atom stereocenters. The van der Waals surface area contributed by atoms with Gasteiger partial charge in [0.05, 0.1) is 12.7 Å². The van der Waals surface area contributed by atoms with Gasteiger partial charge in [0.2, 0.25) is 0 Å². The molecule has 148 valence electrons. The minimum absolute atomic E-state index is 0.00179. The fourth-order valence-electron chi connectivity index (χ4n) is 3.53. The number of piperidine rings is 1. The summed E-state index contributed by atoms with van der Waals surface area (Å²) >= 11 is 0. The van der Waals surface area contributed by atoms with Gasteiger partial charge in [0.1, 0.15) is 0 Å². The van der Waals surface area contributed by atoms with Crippen molar-refractivity contribution in [3.05, 3.63) is 65.2 Å². The average Bonchev–Trinajstić information content (AvgIpc) is 2.73. The van der Waals surface area contributed by atoms with E-state index in [0.29, 0.717) is 23.6 Å². The highest BCUT2D eigenvalue weighted by Gasteiger charge is 2.24. The van der Waals surface area contributed by atoms with Crippen molar-refractivity contribution in [2.24, 2.45) is 0 Å². The molecule has 0 spiro atoms. The molecule has 1 aliphatic heterocycles. The Morgan fingerprint density at radius 1 is 1.04 bits per heavy atom. The van der Waals surface area contributed by atoms with Gasteiger partial charge in [-0.3, -0.25) is 4.79 Å². The Labute approximate surface area is 166 Å². The summed E-state index contributed by atoms with van der Waals surface area (Å²) in [4.78, 5) is 26.3. The van der Waals surface area contributed by atoms with E-state index in [4.69, 9.17) is 4.74 Å². The van der Waals surface area contributed by atoms with E-state index >= 15 is 0 Å². The smallest absolute Gasteiger partial charge is 0.337 e. The van der Waals surface area contributed by atoms with Crippen molar-refractivity contribution in [2.45, 2.75) is 38.6 Å². The summed E-state index contributed by atoms with van der Waals surface area (Å²) in [6.07, 6.45) is 2.00. The number of carbonyl (C=O) groups is 2. The number of amides is 1. The molecule has 1 atom stereocenters. The number of benzene rings is 2. The van der Waals surface area contributed by atoms with E-state index in [1.165, 1.54) is 12.7 Å². The van der Waals surface area contributed by atoms with Crippen molar-refractivity contribution in [3.8, 4) is 0 Å². The van der Waals surface area contributed by atoms with Gasteiger partial charge in [-0.15, -0.1) is 0 Å². The Kier molecular flexibility index (Phi) is 6.34. The van der Waals surface area contributed by atoms with Crippen LogP contribution in [0.1, 0.15) is 58.9 Å². The number of nitrogens with zero attached hydrogens (tertiary/aromatic N) is 1. The van der Waals surface area contributed by atoms with Gasteiger partial charge in [-0.2, -0.15) is 0 Å². The summed E-state index contributed by atoms with van der Waals surface area (Å²) < 4.78 is 4.70. The largest absolute Gasteiger partial charge is 0.465 e. The zero-order chi connectivity index (χ0) is 20.1. The Bertz CT molecular complexity index is 813. The maximum absolute atomic E-state index is 12.8. The summed E-state index contributed by atoms with van der Waals surface area (Å²) in [6, 6.07) is 15.4. The molecule has 0 radical (unpaired) electrons. The van der Waals surface area contributed by atoms with Gasteiger partial charge in [0.15, 0.2) is 0 Å². The molecule has 1 saturated heterocycles. The second-order valence-corrected chi connectivity index (χ2v) is 7.58. The number of anilines is 1. The molecule has 3 rings (SSSR count). The van der Waals surface area contributed by atoms with Crippen molar-refractivity contribution in [2.75, 3.05) is 25.5 Å². The molecule has 1 amide bonds. The predicted molar refractivity (Wildman–Crippen MR) is 111 cm³/mol. The molecule has 0 bridgehead atoms. The van der Waals surface area contributed by atoms with Crippen molar-refractivity contribution in [1.29, 1.82) is 0 Å². The van der Waals surface area contributed by atoms with Gasteiger partial charge >= 0.3 is 5.97 Å². The molecular weight excluding hydrogens is 352 g/mol. The molecule has 1 fully saturated rings. The van der Waals surface area contributed by atoms with Crippen molar-refractivity contribution in [1.82, 2.24) is 4.90 Å². The Hall–Kier alpha value is -2.82. The number of esters is 1. The molecule has 28 heavy (non-hydrogen) atoms. The standard InChI is InChI=1S/C23H28N2O3/c1-16(2)17-10-12-20(13-11-17)24-21-5-4-14-25(15-21)22(26)18-6-8-19(9-7-18)23(27)28-3/h6-13,16,21,24H,4-5,14-15H2,1-3H3/t21-/m0/s1. The fraction of sp³-hybridized carbons (Fsp3) is 0.391. The molecule has 5 nitrogen and oxygen atoms in total. The van der Waals surface area contributed by atoms with Crippen molar-refractivity contribution >= 4 is 17.6 Å². The van der Waals surface area contributed by atoms with Crippen LogP contribution in [0.4, 0.5) is 5.69 Å². The molecule has 0 aliphatic carbocycles. The van der Waals surface area contributed by atoms with Crippen LogP contribution in [0.2, 0.25) is 0 Å². The first-order chi connectivity index (χ1) is 13.5. The highest BCUT2D eigenvalue weighted by atomic mass is 16.5. The normalized spacial score (nSPS) is 16.7. The zero-order valence-electron chi connectivity index (χ0n) is 16.8. The first-order valence-electron chi connectivity index (χ1n) is 9.82. The summed E-state index contributed by atoms with van der Waals surface area (Å²) in [5.74, 6) is 0.116. The van der Waals surface area contributed by atoms with E-state index in [1.54, 1.807) is 24.3 Å². The third-order valence-electron chi connectivity index (χ3n) is 5.21. The molecule has 1 heterocycles. The van der Waals surface area contributed by atoms with Gasteiger partial charge in [0, 0.05) is 30.4 Å². The molecule has 5 heteroatoms. The first-order valence-corrected chi connectivity index (χ1v) is 9.82. The number of methoxy groups -OCH3 is 1. The molecular formula is C23H28N2O3. The number of hydrogen-bond acceptors (Lipinski definition) is 4. The van der Waals surface area contributed by atoms with E-state index in [-0.39, 0.29) is 11.9 Å². The quantitative estimate of drug-likeness (QED) is 0.785. The minimum Gasteiger partial charge on any atom is -0.465 e. The predicted octanol–water partition coefficient (Wildman–Crippen LogP) is 4.31. The lowest BCUT2D eigenvalue weighted by Crippen LogP contribution is -2.45. The molecule has 1 aliphatic rings. The van der Waals surface area contributed by atoms with Crippen LogP contribution in [0, 0.1) is 0 Å². The minimum atomic E-state index is -0.398. The van der Waals surface area contributed by atoms with Crippen molar-refractivity contribution in [3.63, 3.8) is 0 Å². The van der Waals surface area contributed by atoms with E-state index in [2.05, 4.69) is 43.4 Å². The number of hydrogen-bond donors (Lipinski definition) is 1. The summed E-state index contributed by atoms with van der Waals surface area (Å²) in [5.41, 5.74) is 3.45. The Balaban J connectivity index is 1.62. The maximum Gasteiger partial charge on any atom is 0.337 e. The molecule has 2 aromatic carbocycles. The topological polar surface area (TPSA) is 58.6 Å². The second kappa shape index (κ2) is 8.91. The number of likely N-dealkylation sites (tertiary alicyclic amines) is 1. The summed E-state index contributed by atoms with van der Waals surface area (Å²) in [5, 5.41) is 3.56. The lowest BCUT2D eigenvalue weighted by atomic mass is 10.0. The fourth-order valence-corrected chi connectivity index (χ4v) is 3.53. The highest BCUT2D eigenvalue weighted by Crippen LogP contribution is 2.21. The van der Waals surface area contributed by atoms with Gasteiger partial charge in [0.25, 0.3) is 5.91 Å². The lowest BCUT2D eigenvalue weighted by molar-refractivity contribution is 0.0599. The van der Waals surface area contributed by atoms with Gasteiger partial charge in [-0.05, 0) is 60.7 Å². The maximum atomic E-state index is 12.8. The van der Waals surface area contributed by atoms with Gasteiger partial charge in [-0.25, -0.2) is 4.79 Å². The van der Waals surface area contributed by atoms with Crippen LogP contribution < -0.4 is 5.32 Å². The monoisotopic (exact) mass is 380 g/mol. The second-order valence-electron chi connectivity index (χ2n) is 7.58. The van der Waals surface area contributed by atoms with Crippen LogP contribution in [0.5, 0.6) is 0 Å². The zero-order valence-corrected chi connectivity index (χ0v) is 16.8. The molecule has 2 aromatic rings. The molecule has 1 N–H and O–H groups in total. The van der Waals surface area contributed by atoms with E-state index < -0.39 is 5.97 Å². The van der Waals surface area contributed by atoms with Gasteiger partial charge in [-0.1, -0.05) is 26.0 Å². The summed E-state index contributed by atoms with van der Waals surface area (Å²) in [7, 11) is 1.35. The average molecular weight is 380 g/mol. The third-order valence-corrected chi connectivity index (χ3v) is 5.21. The van der Waals surface area contributed by atoms with E-state index in [0.717, 1.165) is 25.1 Å². The van der Waals surface area contributed by atoms with Crippen LogP contribution in [-0.4, -0.2) is 43.0 Å². The van der Waals surface area contributed by atoms with Crippen LogP contribution >= 0.6 is 0 Å². The Morgan fingerprint density at radius 3 is 2.29 bits per heavy atom. The number of nitrogens with one attached hydrogen (secondary N) is 1. The van der Waals surface area contributed by atoms with Crippen LogP contribution in [0.3, 0.4) is 0 Å². The first kappa shape index (κ1) is 19.9.